The van der Waals surface area contributed by atoms with Crippen molar-refractivity contribution in [1.82, 2.24) is 10.3 Å². The van der Waals surface area contributed by atoms with E-state index in [0.29, 0.717) is 11.6 Å². The van der Waals surface area contributed by atoms with Gasteiger partial charge >= 0.3 is 0 Å². The minimum absolute atomic E-state index is 0.147. The first-order chi connectivity index (χ1) is 10.7. The highest BCUT2D eigenvalue weighted by Gasteiger charge is 2.50. The molecule has 1 saturated carbocycles. The number of hydrogen-bond donors (Lipinski definition) is 1. The minimum atomic E-state index is -0.312. The number of nitrogens with zero attached hydrogens (tertiary/aromatic N) is 1. The molecular weight excluding hydrogens is 336 g/mol. The Bertz CT molecular complexity index is 624. The summed E-state index contributed by atoms with van der Waals surface area (Å²) in [5.74, 6) is 1.12. The monoisotopic (exact) mass is 352 g/mol. The van der Waals surface area contributed by atoms with Gasteiger partial charge in [0.05, 0.1) is 5.41 Å². The molecule has 1 aliphatic carbocycles. The molecule has 0 spiro atoms. The molecule has 3 nitrogen and oxygen atoms in total. The Kier molecular flexibility index (Phi) is 5.06. The van der Waals surface area contributed by atoms with Crippen molar-refractivity contribution in [3.05, 3.63) is 46.4 Å². The molecule has 1 aromatic carbocycles. The first-order valence-electron chi connectivity index (χ1n) is 7.27. The Morgan fingerprint density at radius 2 is 2.14 bits per heavy atom. The Morgan fingerprint density at radius 3 is 2.77 bits per heavy atom. The van der Waals surface area contributed by atoms with Crippen molar-refractivity contribution in [3.8, 4) is 0 Å². The van der Waals surface area contributed by atoms with E-state index >= 15 is 0 Å². The molecule has 1 aliphatic rings. The van der Waals surface area contributed by atoms with Crippen molar-refractivity contribution in [2.45, 2.75) is 29.0 Å². The fraction of sp³-hybridized carbons (Fsp3) is 0.375. The molecule has 3 rings (SSSR count). The highest BCUT2D eigenvalue weighted by molar-refractivity contribution is 8.00. The zero-order valence-corrected chi connectivity index (χ0v) is 14.4. The van der Waals surface area contributed by atoms with Crippen LogP contribution in [0.2, 0.25) is 5.02 Å². The van der Waals surface area contributed by atoms with Crippen LogP contribution >= 0.6 is 34.7 Å². The van der Waals surface area contributed by atoms with Crippen LogP contribution in [0.5, 0.6) is 0 Å². The third-order valence-electron chi connectivity index (χ3n) is 3.82. The van der Waals surface area contributed by atoms with Gasteiger partial charge in [-0.05, 0) is 37.0 Å². The summed E-state index contributed by atoms with van der Waals surface area (Å²) < 4.78 is 1.09. The van der Waals surface area contributed by atoms with Crippen molar-refractivity contribution in [1.29, 1.82) is 0 Å². The van der Waals surface area contributed by atoms with Crippen molar-refractivity contribution in [3.63, 3.8) is 0 Å². The van der Waals surface area contributed by atoms with E-state index in [2.05, 4.69) is 10.3 Å². The van der Waals surface area contributed by atoms with E-state index in [0.717, 1.165) is 34.9 Å². The molecule has 1 amide bonds. The maximum absolute atomic E-state index is 12.4. The van der Waals surface area contributed by atoms with Crippen molar-refractivity contribution >= 4 is 40.6 Å². The first kappa shape index (κ1) is 15.8. The fourth-order valence-corrected chi connectivity index (χ4v) is 4.20. The predicted octanol–water partition coefficient (Wildman–Crippen LogP) is 4.13. The van der Waals surface area contributed by atoms with E-state index in [9.17, 15) is 4.79 Å². The van der Waals surface area contributed by atoms with Gasteiger partial charge in [0.2, 0.25) is 5.91 Å². The van der Waals surface area contributed by atoms with Gasteiger partial charge in [0.1, 0.15) is 4.34 Å². The lowest BCUT2D eigenvalue weighted by Gasteiger charge is -2.15. The van der Waals surface area contributed by atoms with Crippen LogP contribution in [0.3, 0.4) is 0 Å². The molecule has 0 radical (unpaired) electrons. The van der Waals surface area contributed by atoms with Gasteiger partial charge in [0.15, 0.2) is 0 Å². The summed E-state index contributed by atoms with van der Waals surface area (Å²) in [6.07, 6.45) is 4.62. The van der Waals surface area contributed by atoms with Crippen LogP contribution < -0.4 is 5.32 Å². The van der Waals surface area contributed by atoms with E-state index in [1.54, 1.807) is 23.1 Å². The average Bonchev–Trinajstić information content (AvgIpc) is 3.17. The second kappa shape index (κ2) is 7.02. The molecule has 1 fully saturated rings. The number of thioether (sulfide) groups is 1. The molecule has 6 heteroatoms. The molecule has 1 aromatic heterocycles. The fourth-order valence-electron chi connectivity index (χ4n) is 2.43. The molecule has 0 unspecified atom stereocenters. The Hall–Kier alpha value is -1.04. The van der Waals surface area contributed by atoms with Crippen LogP contribution in [0.25, 0.3) is 0 Å². The van der Waals surface area contributed by atoms with Crippen LogP contribution in [0, 0.1) is 0 Å². The minimum Gasteiger partial charge on any atom is -0.355 e. The van der Waals surface area contributed by atoms with Crippen molar-refractivity contribution in [2.24, 2.45) is 0 Å². The number of benzene rings is 1. The summed E-state index contributed by atoms with van der Waals surface area (Å²) in [5, 5.41) is 5.76. The summed E-state index contributed by atoms with van der Waals surface area (Å²) >= 11 is 9.31. The highest BCUT2D eigenvalue weighted by Crippen LogP contribution is 2.48. The topological polar surface area (TPSA) is 42.0 Å². The van der Waals surface area contributed by atoms with Gasteiger partial charge in [-0.15, -0.1) is 11.3 Å². The molecule has 0 bridgehead atoms. The summed E-state index contributed by atoms with van der Waals surface area (Å²) in [6.45, 7) is 0.715. The average molecular weight is 353 g/mol. The predicted molar refractivity (Wildman–Crippen MR) is 92.8 cm³/mol. The van der Waals surface area contributed by atoms with Crippen LogP contribution in [-0.2, 0) is 10.2 Å². The van der Waals surface area contributed by atoms with Gasteiger partial charge in [0, 0.05) is 28.9 Å². The number of thiazole rings is 1. The molecule has 1 heterocycles. The number of halogens is 1. The third-order valence-corrected chi connectivity index (χ3v) is 6.13. The molecule has 2 aromatic rings. The van der Waals surface area contributed by atoms with Crippen LogP contribution in [0.15, 0.2) is 40.2 Å². The molecule has 1 N–H and O–H groups in total. The molecule has 116 valence electrons. The van der Waals surface area contributed by atoms with E-state index in [-0.39, 0.29) is 11.3 Å². The van der Waals surface area contributed by atoms with Gasteiger partial charge in [-0.3, -0.25) is 4.79 Å². The van der Waals surface area contributed by atoms with Gasteiger partial charge in [-0.25, -0.2) is 4.98 Å². The maximum Gasteiger partial charge on any atom is 0.230 e. The highest BCUT2D eigenvalue weighted by atomic mass is 35.5. The first-order valence-corrected chi connectivity index (χ1v) is 9.52. The van der Waals surface area contributed by atoms with Crippen LogP contribution in [-0.4, -0.2) is 23.2 Å². The Balaban J connectivity index is 1.44. The molecular formula is C16H17ClN2OS2. The lowest BCUT2D eigenvalue weighted by Crippen LogP contribution is -2.35. The number of nitrogens with one attached hydrogen (secondary N) is 1. The number of hydrogen-bond acceptors (Lipinski definition) is 4. The second-order valence-corrected chi connectivity index (χ2v) is 8.02. The zero-order chi connectivity index (χ0) is 15.4. The van der Waals surface area contributed by atoms with Crippen molar-refractivity contribution in [2.75, 3.05) is 12.3 Å². The zero-order valence-electron chi connectivity index (χ0n) is 12.0. The van der Waals surface area contributed by atoms with E-state index in [4.69, 9.17) is 11.6 Å². The van der Waals surface area contributed by atoms with Gasteiger partial charge < -0.3 is 5.32 Å². The number of aromatic nitrogens is 1. The summed E-state index contributed by atoms with van der Waals surface area (Å²) in [7, 11) is 0. The lowest BCUT2D eigenvalue weighted by molar-refractivity contribution is -0.123. The maximum atomic E-state index is 12.4. The number of carbonyl (C=O) groups excluding carboxylic acids is 1. The van der Waals surface area contributed by atoms with Crippen LogP contribution in [0.4, 0.5) is 0 Å². The number of amides is 1. The quantitative estimate of drug-likeness (QED) is 0.601. The summed E-state index contributed by atoms with van der Waals surface area (Å²) in [5.41, 5.74) is 0.763. The van der Waals surface area contributed by atoms with Gasteiger partial charge in [0.25, 0.3) is 0 Å². The van der Waals surface area contributed by atoms with E-state index < -0.39 is 0 Å². The number of rotatable bonds is 7. The normalized spacial score (nSPS) is 15.5. The largest absolute Gasteiger partial charge is 0.355 e. The SMILES string of the molecule is O=C(NCCCSc1nccs1)C1(c2ccc(Cl)cc2)CC1. The van der Waals surface area contributed by atoms with Gasteiger partial charge in [-0.1, -0.05) is 35.5 Å². The molecule has 0 atom stereocenters. The number of carbonyl (C=O) groups is 1. The van der Waals surface area contributed by atoms with Crippen LogP contribution in [0.1, 0.15) is 24.8 Å². The molecule has 22 heavy (non-hydrogen) atoms. The molecule has 0 aliphatic heterocycles. The van der Waals surface area contributed by atoms with Crippen molar-refractivity contribution < 1.29 is 4.79 Å². The van der Waals surface area contributed by atoms with E-state index in [1.807, 2.05) is 35.8 Å². The third kappa shape index (κ3) is 3.65. The summed E-state index contributed by atoms with van der Waals surface area (Å²) in [4.78, 5) is 16.7. The molecule has 0 saturated heterocycles. The Labute approximate surface area is 143 Å². The van der Waals surface area contributed by atoms with Gasteiger partial charge in [-0.2, -0.15) is 0 Å². The summed E-state index contributed by atoms with van der Waals surface area (Å²) in [6, 6.07) is 7.64. The standard InChI is InChI=1S/C16H17ClN2OS2/c17-13-4-2-12(3-5-13)16(6-7-16)14(20)18-8-1-10-21-15-19-9-11-22-15/h2-5,9,11H,1,6-8,10H2,(H,18,20). The van der Waals surface area contributed by atoms with E-state index in [1.165, 1.54) is 0 Å². The lowest BCUT2D eigenvalue weighted by atomic mass is 9.95. The smallest absolute Gasteiger partial charge is 0.230 e. The Morgan fingerprint density at radius 1 is 1.36 bits per heavy atom. The second-order valence-electron chi connectivity index (χ2n) is 5.34.